The molecule has 190 valence electrons. The number of carbonyl (C=O) groups is 3. The van der Waals surface area contributed by atoms with Crippen LogP contribution in [0.1, 0.15) is 23.2 Å². The number of amides is 2. The number of aromatic carboxylic acids is 1. The van der Waals surface area contributed by atoms with E-state index in [4.69, 9.17) is 26.2 Å². The topological polar surface area (TPSA) is 214 Å². The Morgan fingerprint density at radius 3 is 1.94 bits per heavy atom. The number of imide groups is 1. The number of phenolic OH excluding ortho intramolecular Hbond substituents is 1. The molecule has 3 rings (SSSR count). The number of carboxylic acid groups (broad SMARTS) is 1. The molecule has 0 spiro atoms. The molecule has 12 nitrogen and oxygen atoms in total. The third-order valence-electron chi connectivity index (χ3n) is 3.95. The van der Waals surface area contributed by atoms with Crippen molar-refractivity contribution < 1.29 is 37.6 Å². The first-order valence-corrected chi connectivity index (χ1v) is 12.7. The molecule has 0 bridgehead atoms. The maximum Gasteiger partial charge on any atom is 0.335 e. The van der Waals surface area contributed by atoms with Crippen LogP contribution in [0.5, 0.6) is 5.75 Å². The highest BCUT2D eigenvalue weighted by Crippen LogP contribution is 2.21. The zero-order valence-electron chi connectivity index (χ0n) is 18.7. The normalized spacial score (nSPS) is 12.7. The van der Waals surface area contributed by atoms with E-state index in [2.05, 4.69) is 4.99 Å². The minimum atomic E-state index is -3.67. The summed E-state index contributed by atoms with van der Waals surface area (Å²) < 4.78 is 25.9. The van der Waals surface area contributed by atoms with Crippen molar-refractivity contribution in [2.45, 2.75) is 17.7 Å². The smallest absolute Gasteiger partial charge is 0.335 e. The summed E-state index contributed by atoms with van der Waals surface area (Å²) in [4.78, 5) is 39.2. The Morgan fingerprint density at radius 2 is 1.51 bits per heavy atom. The van der Waals surface area contributed by atoms with Gasteiger partial charge in [0, 0.05) is 30.0 Å². The van der Waals surface area contributed by atoms with Crippen LogP contribution < -0.4 is 11.5 Å². The first kappa shape index (κ1) is 29.4. The number of phenols is 1. The molecule has 35 heavy (non-hydrogen) atoms. The molecule has 1 aliphatic heterocycles. The molecule has 2 amide bonds. The van der Waals surface area contributed by atoms with Crippen molar-refractivity contribution in [2.75, 3.05) is 18.6 Å². The first-order valence-electron chi connectivity index (χ1n) is 9.86. The van der Waals surface area contributed by atoms with Gasteiger partial charge in [0.25, 0.3) is 10.1 Å². The molecule has 0 saturated carbocycles. The predicted octanol–water partition coefficient (Wildman–Crippen LogP) is 1.43. The lowest BCUT2D eigenvalue weighted by Crippen LogP contribution is -2.31. The third-order valence-corrected chi connectivity index (χ3v) is 4.94. The molecule has 1 saturated heterocycles. The second-order valence-electron chi connectivity index (χ2n) is 6.90. The average molecular weight is 527 g/mol. The number of carboxylic acids is 1. The maximum atomic E-state index is 11.3. The Balaban J connectivity index is 0.000000302. The molecule has 0 aromatic heterocycles. The maximum absolute atomic E-state index is 11.3. The molecule has 1 fully saturated rings. The molecule has 1 aliphatic rings. The minimum Gasteiger partial charge on any atom is -0.508 e. The molecule has 0 atom stereocenters. The Kier molecular flexibility index (Phi) is 11.7. The Labute approximate surface area is 206 Å². The van der Waals surface area contributed by atoms with Gasteiger partial charge in [0.05, 0.1) is 17.5 Å². The quantitative estimate of drug-likeness (QED) is 0.119. The largest absolute Gasteiger partial charge is 0.508 e. The standard InChI is InChI=1S/C12H13NO3S.C8H9N3O2.CH4O3S/c14-9-1-3-10(4-2-9)17-8-7-13-11(15)5-6-12(13)16;9-8(10)11-6-3-1-5(2-4-6)7(12)13;1-5(2,3)4/h1-4,14H,5-8H2;1-4H,(H,12,13)(H4,9,10,11);1H3,(H,2,3,4). The summed E-state index contributed by atoms with van der Waals surface area (Å²) in [6.45, 7) is 0.462. The lowest BCUT2D eigenvalue weighted by molar-refractivity contribution is -0.137. The zero-order chi connectivity index (χ0) is 26.6. The van der Waals surface area contributed by atoms with Crippen molar-refractivity contribution in [3.05, 3.63) is 54.1 Å². The number of guanidine groups is 1. The monoisotopic (exact) mass is 526 g/mol. The summed E-state index contributed by atoms with van der Waals surface area (Å²) in [5, 5.41) is 17.7. The summed E-state index contributed by atoms with van der Waals surface area (Å²) >= 11 is 1.56. The molecule has 14 heteroatoms. The lowest BCUT2D eigenvalue weighted by atomic mass is 10.2. The number of hydrogen-bond acceptors (Lipinski definition) is 8. The fraction of sp³-hybridized carbons (Fsp3) is 0.238. The third kappa shape index (κ3) is 13.0. The van der Waals surface area contributed by atoms with Gasteiger partial charge in [-0.2, -0.15) is 8.42 Å². The van der Waals surface area contributed by atoms with Crippen molar-refractivity contribution in [1.82, 2.24) is 4.90 Å². The van der Waals surface area contributed by atoms with Crippen molar-refractivity contribution >= 4 is 51.3 Å². The van der Waals surface area contributed by atoms with Crippen LogP contribution in [0.3, 0.4) is 0 Å². The van der Waals surface area contributed by atoms with Crippen molar-refractivity contribution in [1.29, 1.82) is 0 Å². The van der Waals surface area contributed by atoms with E-state index < -0.39 is 16.1 Å². The second-order valence-corrected chi connectivity index (χ2v) is 9.54. The van der Waals surface area contributed by atoms with E-state index in [1.54, 1.807) is 23.9 Å². The molecular weight excluding hydrogens is 500 g/mol. The van der Waals surface area contributed by atoms with Crippen LogP contribution in [0.4, 0.5) is 5.69 Å². The van der Waals surface area contributed by atoms with Crippen molar-refractivity contribution in [2.24, 2.45) is 16.5 Å². The van der Waals surface area contributed by atoms with Gasteiger partial charge in [0.1, 0.15) is 5.75 Å². The highest BCUT2D eigenvalue weighted by atomic mass is 32.2. The van der Waals surface area contributed by atoms with Crippen LogP contribution in [-0.2, 0) is 19.7 Å². The summed E-state index contributed by atoms with van der Waals surface area (Å²) in [5.41, 5.74) is 11.0. The number of nitrogens with zero attached hydrogens (tertiary/aromatic N) is 2. The fourth-order valence-electron chi connectivity index (χ4n) is 2.50. The SMILES string of the molecule is CS(=O)(=O)O.NC(N)=Nc1ccc(C(=O)O)cc1.O=C1CCC(=O)N1CCSc1ccc(O)cc1. The number of aromatic hydroxyl groups is 1. The lowest BCUT2D eigenvalue weighted by Gasteiger charge is -2.12. The number of hydrogen-bond donors (Lipinski definition) is 5. The van der Waals surface area contributed by atoms with Crippen molar-refractivity contribution in [3.8, 4) is 5.75 Å². The van der Waals surface area contributed by atoms with E-state index in [0.29, 0.717) is 37.1 Å². The average Bonchev–Trinajstić information content (AvgIpc) is 3.06. The van der Waals surface area contributed by atoms with Crippen LogP contribution in [0.15, 0.2) is 58.4 Å². The van der Waals surface area contributed by atoms with Crippen LogP contribution in [0, 0.1) is 0 Å². The summed E-state index contributed by atoms with van der Waals surface area (Å²) in [5.74, 6) is -0.247. The Morgan fingerprint density at radius 1 is 1.03 bits per heavy atom. The van der Waals surface area contributed by atoms with Gasteiger partial charge in [0.2, 0.25) is 11.8 Å². The van der Waals surface area contributed by atoms with Gasteiger partial charge in [-0.05, 0) is 48.5 Å². The molecule has 0 unspecified atom stereocenters. The summed E-state index contributed by atoms with van der Waals surface area (Å²) in [7, 11) is -3.67. The van der Waals surface area contributed by atoms with Gasteiger partial charge in [-0.15, -0.1) is 11.8 Å². The molecule has 1 heterocycles. The number of aliphatic imine (C=N–C) groups is 1. The second kappa shape index (κ2) is 13.9. The van der Waals surface area contributed by atoms with Crippen LogP contribution in [0.25, 0.3) is 0 Å². The summed E-state index contributed by atoms with van der Waals surface area (Å²) in [6, 6.07) is 12.8. The Hall–Kier alpha value is -3.62. The molecule has 0 radical (unpaired) electrons. The van der Waals surface area contributed by atoms with Gasteiger partial charge in [-0.1, -0.05) is 0 Å². The van der Waals surface area contributed by atoms with E-state index in [-0.39, 0.29) is 29.1 Å². The molecule has 2 aromatic carbocycles. The number of nitrogens with two attached hydrogens (primary N) is 2. The summed E-state index contributed by atoms with van der Waals surface area (Å²) in [6.07, 6.45) is 1.42. The number of likely N-dealkylation sites (tertiary alicyclic amines) is 1. The first-order chi connectivity index (χ1) is 16.3. The van der Waals surface area contributed by atoms with E-state index in [1.807, 2.05) is 12.1 Å². The fourth-order valence-corrected chi connectivity index (χ4v) is 3.34. The van der Waals surface area contributed by atoms with Gasteiger partial charge < -0.3 is 21.7 Å². The highest BCUT2D eigenvalue weighted by Gasteiger charge is 2.27. The molecular formula is C21H26N4O8S2. The van der Waals surface area contributed by atoms with E-state index in [1.165, 1.54) is 29.2 Å². The molecule has 0 aliphatic carbocycles. The van der Waals surface area contributed by atoms with Gasteiger partial charge in [-0.3, -0.25) is 19.0 Å². The number of carbonyl (C=O) groups excluding carboxylic acids is 2. The highest BCUT2D eigenvalue weighted by molar-refractivity contribution is 7.99. The van der Waals surface area contributed by atoms with Gasteiger partial charge >= 0.3 is 5.97 Å². The number of thioether (sulfide) groups is 1. The van der Waals surface area contributed by atoms with E-state index >= 15 is 0 Å². The zero-order valence-corrected chi connectivity index (χ0v) is 20.3. The number of benzene rings is 2. The van der Waals surface area contributed by atoms with Crippen LogP contribution >= 0.6 is 11.8 Å². The van der Waals surface area contributed by atoms with E-state index in [9.17, 15) is 22.8 Å². The minimum absolute atomic E-state index is 0.0527. The predicted molar refractivity (Wildman–Crippen MR) is 131 cm³/mol. The van der Waals surface area contributed by atoms with Crippen LogP contribution in [0.2, 0.25) is 0 Å². The van der Waals surface area contributed by atoms with Crippen molar-refractivity contribution in [3.63, 3.8) is 0 Å². The molecule has 7 N–H and O–H groups in total. The van der Waals surface area contributed by atoms with Crippen LogP contribution in [-0.4, -0.2) is 70.4 Å². The Bertz CT molecular complexity index is 1120. The van der Waals surface area contributed by atoms with Gasteiger partial charge in [-0.25, -0.2) is 9.79 Å². The number of rotatable bonds is 6. The molecule has 2 aromatic rings. The van der Waals surface area contributed by atoms with Gasteiger partial charge in [0.15, 0.2) is 5.96 Å². The van der Waals surface area contributed by atoms with E-state index in [0.717, 1.165) is 4.90 Å².